The number of carbonyl (C=O) groups excluding carboxylic acids is 1. The molecule has 2 heterocycles. The molecule has 8 heteroatoms. The van der Waals surface area contributed by atoms with Crippen LogP contribution in [0.25, 0.3) is 0 Å². The average Bonchev–Trinajstić information content (AvgIpc) is 3.20. The van der Waals surface area contributed by atoms with Gasteiger partial charge in [0.05, 0.1) is 19.3 Å². The van der Waals surface area contributed by atoms with Gasteiger partial charge in [-0.3, -0.25) is 9.69 Å². The minimum absolute atomic E-state index is 0.0330. The summed E-state index contributed by atoms with van der Waals surface area (Å²) < 4.78 is 5.47. The highest BCUT2D eigenvalue weighted by Crippen LogP contribution is 2.28. The summed E-state index contributed by atoms with van der Waals surface area (Å²) in [6, 6.07) is 15.8. The molecular weight excluding hydrogens is 432 g/mol. The van der Waals surface area contributed by atoms with Crippen LogP contribution in [0.4, 0.5) is 10.8 Å². The van der Waals surface area contributed by atoms with Gasteiger partial charge in [-0.25, -0.2) is 4.98 Å². The molecule has 4 rings (SSSR count). The normalized spacial score (nSPS) is 14.5. The maximum Gasteiger partial charge on any atom is 0.240 e. The van der Waals surface area contributed by atoms with Gasteiger partial charge in [0.1, 0.15) is 5.75 Å². The number of nitrogens with one attached hydrogen (secondary N) is 1. The van der Waals surface area contributed by atoms with Crippen LogP contribution in [0.2, 0.25) is 5.02 Å². The van der Waals surface area contributed by atoms with Gasteiger partial charge in [0.25, 0.3) is 0 Å². The minimum Gasteiger partial charge on any atom is -0.495 e. The number of nitrogens with zero attached hydrogens (tertiary/aromatic N) is 3. The number of rotatable bonds is 7. The van der Waals surface area contributed by atoms with Gasteiger partial charge in [0.2, 0.25) is 5.91 Å². The number of anilines is 2. The van der Waals surface area contributed by atoms with Gasteiger partial charge in [0.15, 0.2) is 5.13 Å². The van der Waals surface area contributed by atoms with E-state index in [1.165, 1.54) is 11.3 Å². The van der Waals surface area contributed by atoms with E-state index < -0.39 is 0 Å². The SMILES string of the molecule is COc1ccccc1N1CCN(CC(=O)Nc2ncc(Cc3cccc(Cl)c3)s2)CC1. The topological polar surface area (TPSA) is 57.7 Å². The Morgan fingerprint density at radius 1 is 1.16 bits per heavy atom. The van der Waals surface area contributed by atoms with Crippen LogP contribution >= 0.6 is 22.9 Å². The predicted octanol–water partition coefficient (Wildman–Crippen LogP) is 4.16. The number of aromatic nitrogens is 1. The van der Waals surface area contributed by atoms with Crippen molar-refractivity contribution in [3.05, 3.63) is 70.2 Å². The highest BCUT2D eigenvalue weighted by Gasteiger charge is 2.21. The third-order valence-corrected chi connectivity index (χ3v) is 6.38. The van der Waals surface area contributed by atoms with Crippen LogP contribution in [0.3, 0.4) is 0 Å². The second-order valence-corrected chi connectivity index (χ2v) is 8.97. The standard InChI is InChI=1S/C23H25ClN4O2S/c1-30-21-8-3-2-7-20(21)28-11-9-27(10-12-28)16-22(29)26-23-25-15-19(31-23)14-17-5-4-6-18(24)13-17/h2-8,13,15H,9-12,14,16H2,1H3,(H,25,26,29). The van der Waals surface area contributed by atoms with Crippen molar-refractivity contribution in [3.63, 3.8) is 0 Å². The summed E-state index contributed by atoms with van der Waals surface area (Å²) in [6.45, 7) is 3.72. The zero-order valence-electron chi connectivity index (χ0n) is 17.4. The van der Waals surface area contributed by atoms with Crippen LogP contribution < -0.4 is 15.0 Å². The predicted molar refractivity (Wildman–Crippen MR) is 127 cm³/mol. The largest absolute Gasteiger partial charge is 0.495 e. The van der Waals surface area contributed by atoms with Crippen molar-refractivity contribution in [1.82, 2.24) is 9.88 Å². The molecule has 0 radical (unpaired) electrons. The number of para-hydroxylation sites is 2. The summed E-state index contributed by atoms with van der Waals surface area (Å²) in [6.07, 6.45) is 2.56. The Bertz CT molecular complexity index is 1030. The zero-order chi connectivity index (χ0) is 21.6. The van der Waals surface area contributed by atoms with Gasteiger partial charge in [-0.2, -0.15) is 0 Å². The molecular formula is C23H25ClN4O2S. The van der Waals surface area contributed by atoms with Crippen LogP contribution in [0.1, 0.15) is 10.4 Å². The number of thiazole rings is 1. The van der Waals surface area contributed by atoms with Crippen LogP contribution in [0.5, 0.6) is 5.75 Å². The van der Waals surface area contributed by atoms with E-state index in [-0.39, 0.29) is 5.91 Å². The fraction of sp³-hybridized carbons (Fsp3) is 0.304. The van der Waals surface area contributed by atoms with E-state index in [1.807, 2.05) is 48.7 Å². The first-order chi connectivity index (χ1) is 15.1. The summed E-state index contributed by atoms with van der Waals surface area (Å²) in [5.41, 5.74) is 2.23. The Morgan fingerprint density at radius 3 is 2.74 bits per heavy atom. The Kier molecular flexibility index (Phi) is 7.06. The second kappa shape index (κ2) is 10.1. The number of hydrogen-bond acceptors (Lipinski definition) is 6. The number of hydrogen-bond donors (Lipinski definition) is 1. The molecule has 0 bridgehead atoms. The van der Waals surface area contributed by atoms with Crippen molar-refractivity contribution in [1.29, 1.82) is 0 Å². The molecule has 1 saturated heterocycles. The van der Waals surface area contributed by atoms with Crippen molar-refractivity contribution in [3.8, 4) is 5.75 Å². The van der Waals surface area contributed by atoms with E-state index >= 15 is 0 Å². The van der Waals surface area contributed by atoms with Crippen LogP contribution in [-0.2, 0) is 11.2 Å². The molecule has 1 amide bonds. The number of halogens is 1. The molecule has 0 saturated carbocycles. The van der Waals surface area contributed by atoms with Crippen LogP contribution in [0, 0.1) is 0 Å². The van der Waals surface area contributed by atoms with E-state index in [2.05, 4.69) is 26.2 Å². The van der Waals surface area contributed by atoms with Gasteiger partial charge in [-0.1, -0.05) is 35.9 Å². The number of carbonyl (C=O) groups is 1. The Labute approximate surface area is 191 Å². The molecule has 0 atom stereocenters. The third-order valence-electron chi connectivity index (χ3n) is 5.23. The molecule has 31 heavy (non-hydrogen) atoms. The molecule has 1 aliphatic heterocycles. The number of methoxy groups -OCH3 is 1. The van der Waals surface area contributed by atoms with Gasteiger partial charge in [-0.15, -0.1) is 11.3 Å². The lowest BCUT2D eigenvalue weighted by Crippen LogP contribution is -2.48. The lowest BCUT2D eigenvalue weighted by atomic mass is 10.1. The fourth-order valence-corrected chi connectivity index (χ4v) is 4.77. The van der Waals surface area contributed by atoms with E-state index in [4.69, 9.17) is 16.3 Å². The van der Waals surface area contributed by atoms with Crippen LogP contribution in [0.15, 0.2) is 54.7 Å². The number of amides is 1. The minimum atomic E-state index is -0.0330. The van der Waals surface area contributed by atoms with E-state index in [0.717, 1.165) is 59.5 Å². The maximum atomic E-state index is 12.5. The molecule has 3 aromatic rings. The van der Waals surface area contributed by atoms with Gasteiger partial charge >= 0.3 is 0 Å². The Balaban J connectivity index is 1.26. The molecule has 2 aromatic carbocycles. The molecule has 0 aliphatic carbocycles. The molecule has 1 N–H and O–H groups in total. The summed E-state index contributed by atoms with van der Waals surface area (Å²) in [5.74, 6) is 0.848. The van der Waals surface area contributed by atoms with E-state index in [0.29, 0.717) is 11.7 Å². The summed E-state index contributed by atoms with van der Waals surface area (Å²) in [5, 5.41) is 4.29. The monoisotopic (exact) mass is 456 g/mol. The van der Waals surface area contributed by atoms with Crippen molar-refractivity contribution in [2.24, 2.45) is 0 Å². The molecule has 0 unspecified atom stereocenters. The summed E-state index contributed by atoms with van der Waals surface area (Å²) in [4.78, 5) is 22.4. The average molecular weight is 457 g/mol. The molecule has 1 aromatic heterocycles. The lowest BCUT2D eigenvalue weighted by Gasteiger charge is -2.36. The number of benzene rings is 2. The second-order valence-electron chi connectivity index (χ2n) is 7.42. The number of ether oxygens (including phenoxy) is 1. The molecule has 6 nitrogen and oxygen atoms in total. The van der Waals surface area contributed by atoms with Gasteiger partial charge in [0, 0.05) is 48.7 Å². The maximum absolute atomic E-state index is 12.5. The molecule has 1 fully saturated rings. The highest BCUT2D eigenvalue weighted by atomic mass is 35.5. The van der Waals surface area contributed by atoms with E-state index in [1.54, 1.807) is 7.11 Å². The highest BCUT2D eigenvalue weighted by molar-refractivity contribution is 7.15. The van der Waals surface area contributed by atoms with Crippen molar-refractivity contribution >= 4 is 39.7 Å². The lowest BCUT2D eigenvalue weighted by molar-refractivity contribution is -0.117. The third kappa shape index (κ3) is 5.76. The first-order valence-electron chi connectivity index (χ1n) is 10.2. The van der Waals surface area contributed by atoms with Crippen LogP contribution in [-0.4, -0.2) is 55.6 Å². The van der Waals surface area contributed by atoms with Crippen molar-refractivity contribution in [2.75, 3.05) is 50.1 Å². The Morgan fingerprint density at radius 2 is 1.97 bits per heavy atom. The number of piperazine rings is 1. The van der Waals surface area contributed by atoms with E-state index in [9.17, 15) is 4.79 Å². The quantitative estimate of drug-likeness (QED) is 0.578. The molecule has 0 spiro atoms. The fourth-order valence-electron chi connectivity index (χ4n) is 3.69. The first-order valence-corrected chi connectivity index (χ1v) is 11.4. The zero-order valence-corrected chi connectivity index (χ0v) is 19.0. The van der Waals surface area contributed by atoms with Gasteiger partial charge in [-0.05, 0) is 29.8 Å². The smallest absolute Gasteiger partial charge is 0.240 e. The van der Waals surface area contributed by atoms with Gasteiger partial charge < -0.3 is 15.0 Å². The molecule has 162 valence electrons. The molecule has 1 aliphatic rings. The van der Waals surface area contributed by atoms with Crippen molar-refractivity contribution < 1.29 is 9.53 Å². The first kappa shape index (κ1) is 21.6. The summed E-state index contributed by atoms with van der Waals surface area (Å²) >= 11 is 7.55. The van der Waals surface area contributed by atoms with Crippen molar-refractivity contribution in [2.45, 2.75) is 6.42 Å². The Hall–Kier alpha value is -2.61. The summed E-state index contributed by atoms with van der Waals surface area (Å²) in [7, 11) is 1.69.